The minimum atomic E-state index is 0.214. The number of hydrogen-bond donors (Lipinski definition) is 0. The van der Waals surface area contributed by atoms with Gasteiger partial charge in [0.2, 0.25) is 0 Å². The van der Waals surface area contributed by atoms with Crippen LogP contribution in [0, 0.1) is 40.9 Å². The summed E-state index contributed by atoms with van der Waals surface area (Å²) >= 11 is 0. The average Bonchev–Trinajstić information content (AvgIpc) is 3.94. The summed E-state index contributed by atoms with van der Waals surface area (Å²) in [6.45, 7) is 8.66. The first-order valence-electron chi connectivity index (χ1n) is 19.2. The van der Waals surface area contributed by atoms with E-state index in [1.165, 1.54) is 12.1 Å². The third-order valence-corrected chi connectivity index (χ3v) is 11.4. The van der Waals surface area contributed by atoms with E-state index >= 15 is 0 Å². The molecule has 0 amide bonds. The molecule has 0 bridgehead atoms. The summed E-state index contributed by atoms with van der Waals surface area (Å²) in [6, 6.07) is 51.3. The summed E-state index contributed by atoms with van der Waals surface area (Å²) in [4.78, 5) is 5.10. The predicted octanol–water partition coefficient (Wildman–Crippen LogP) is 12.8. The number of nitrogens with zero attached hydrogens (tertiary/aromatic N) is 6. The maximum Gasteiger partial charge on any atom is 0.160 e. The Morgan fingerprint density at radius 2 is 1.07 bits per heavy atom. The highest BCUT2D eigenvalue weighted by Gasteiger charge is 2.29. The maximum atomic E-state index is 10.2. The molecule has 3 heterocycles. The Hall–Kier alpha value is -8.44. The van der Waals surface area contributed by atoms with Crippen molar-refractivity contribution in [3.05, 3.63) is 179 Å². The van der Waals surface area contributed by atoms with Crippen molar-refractivity contribution < 1.29 is 4.42 Å². The van der Waals surface area contributed by atoms with Crippen molar-refractivity contribution in [2.75, 3.05) is 0 Å². The van der Waals surface area contributed by atoms with Crippen LogP contribution in [-0.2, 0) is 0 Å². The zero-order valence-corrected chi connectivity index (χ0v) is 32.2. The molecule has 0 saturated carbocycles. The summed E-state index contributed by atoms with van der Waals surface area (Å²) in [5.41, 5.74) is 11.2. The SMILES string of the molecule is C=C(N=C/C(=C\C)c1c(C#N)cc(C#N)cc1C#N)c1c(-n2c3ccccc3c3ccccc32)c(C)c(-n2c3ccccc3c3ccccc32)c2oc3ccccc3c12. The highest BCUT2D eigenvalue weighted by molar-refractivity contribution is 6.20. The molecule has 0 atom stereocenters. The van der Waals surface area contributed by atoms with E-state index in [0.717, 1.165) is 82.5 Å². The van der Waals surface area contributed by atoms with Gasteiger partial charge in [0.15, 0.2) is 5.58 Å². The lowest BCUT2D eigenvalue weighted by atomic mass is 9.93. The lowest BCUT2D eigenvalue weighted by molar-refractivity contribution is 0.665. The van der Waals surface area contributed by atoms with E-state index in [1.54, 1.807) is 6.21 Å². The Balaban J connectivity index is 1.36. The number of para-hydroxylation sites is 5. The van der Waals surface area contributed by atoms with Crippen LogP contribution in [0.1, 0.15) is 40.3 Å². The topological polar surface area (TPSA) is 107 Å². The summed E-state index contributed by atoms with van der Waals surface area (Å²) < 4.78 is 11.6. The van der Waals surface area contributed by atoms with Gasteiger partial charge < -0.3 is 13.6 Å². The summed E-state index contributed by atoms with van der Waals surface area (Å²) in [5.74, 6) is 0. The second kappa shape index (κ2) is 13.6. The van der Waals surface area contributed by atoms with Crippen LogP contribution >= 0.6 is 0 Å². The fraction of sp³-hybridized carbons (Fsp3) is 0.0385. The van der Waals surface area contributed by atoms with Gasteiger partial charge in [0.1, 0.15) is 5.58 Å². The average molecular weight is 757 g/mol. The molecule has 0 spiro atoms. The number of aliphatic imine (C=N–C) groups is 1. The van der Waals surface area contributed by atoms with E-state index in [-0.39, 0.29) is 16.7 Å². The van der Waals surface area contributed by atoms with E-state index in [2.05, 4.69) is 144 Å². The molecule has 7 aromatic carbocycles. The number of fused-ring (bicyclic) bond motifs is 9. The van der Waals surface area contributed by atoms with Crippen LogP contribution in [0.2, 0.25) is 0 Å². The molecule has 59 heavy (non-hydrogen) atoms. The Labute approximate surface area is 339 Å². The second-order valence-electron chi connectivity index (χ2n) is 14.5. The third-order valence-electron chi connectivity index (χ3n) is 11.4. The quantitative estimate of drug-likeness (QED) is 0.157. The molecule has 0 N–H and O–H groups in total. The maximum absolute atomic E-state index is 10.2. The number of benzene rings is 7. The van der Waals surface area contributed by atoms with E-state index in [1.807, 2.05) is 31.2 Å². The minimum Gasteiger partial charge on any atom is -0.454 e. The van der Waals surface area contributed by atoms with Crippen molar-refractivity contribution in [3.8, 4) is 29.6 Å². The Morgan fingerprint density at radius 1 is 0.610 bits per heavy atom. The molecule has 10 rings (SSSR count). The van der Waals surface area contributed by atoms with E-state index in [0.29, 0.717) is 22.4 Å². The lowest BCUT2D eigenvalue weighted by Gasteiger charge is -2.22. The van der Waals surface area contributed by atoms with Crippen LogP contribution in [0.25, 0.3) is 88.2 Å². The molecular formula is C52H32N6O. The summed E-state index contributed by atoms with van der Waals surface area (Å²) in [7, 11) is 0. The molecular weight excluding hydrogens is 725 g/mol. The molecule has 0 aliphatic carbocycles. The largest absolute Gasteiger partial charge is 0.454 e. The zero-order valence-electron chi connectivity index (χ0n) is 32.2. The number of rotatable bonds is 6. The van der Waals surface area contributed by atoms with Crippen molar-refractivity contribution in [1.82, 2.24) is 9.13 Å². The molecule has 10 aromatic rings. The van der Waals surface area contributed by atoms with Gasteiger partial charge in [0, 0.05) is 55.2 Å². The Bertz CT molecular complexity index is 3500. The number of furan rings is 1. The molecule has 276 valence electrons. The molecule has 0 saturated heterocycles. The highest BCUT2D eigenvalue weighted by Crippen LogP contribution is 2.48. The number of allylic oxidation sites excluding steroid dienone is 2. The Kier molecular flexibility index (Phi) is 8.09. The fourth-order valence-electron chi connectivity index (χ4n) is 8.89. The minimum absolute atomic E-state index is 0.214. The number of hydrogen-bond acceptors (Lipinski definition) is 5. The second-order valence-corrected chi connectivity index (χ2v) is 14.5. The first-order chi connectivity index (χ1) is 29.0. The third kappa shape index (κ3) is 5.15. The van der Waals surface area contributed by atoms with Gasteiger partial charge in [-0.05, 0) is 61.9 Å². The Morgan fingerprint density at radius 3 is 1.54 bits per heavy atom. The van der Waals surface area contributed by atoms with Crippen LogP contribution in [0.15, 0.2) is 156 Å². The van der Waals surface area contributed by atoms with Crippen molar-refractivity contribution >= 4 is 83.0 Å². The van der Waals surface area contributed by atoms with Crippen LogP contribution in [-0.4, -0.2) is 15.3 Å². The fourth-order valence-corrected chi connectivity index (χ4v) is 8.89. The highest BCUT2D eigenvalue weighted by atomic mass is 16.3. The van der Waals surface area contributed by atoms with Crippen LogP contribution < -0.4 is 0 Å². The monoisotopic (exact) mass is 756 g/mol. The van der Waals surface area contributed by atoms with Crippen molar-refractivity contribution in [1.29, 1.82) is 15.8 Å². The van der Waals surface area contributed by atoms with Crippen molar-refractivity contribution in [2.45, 2.75) is 13.8 Å². The molecule has 3 aromatic heterocycles. The molecule has 0 fully saturated rings. The van der Waals surface area contributed by atoms with Gasteiger partial charge in [-0.2, -0.15) is 15.8 Å². The van der Waals surface area contributed by atoms with Crippen LogP contribution in [0.5, 0.6) is 0 Å². The van der Waals surface area contributed by atoms with Gasteiger partial charge >= 0.3 is 0 Å². The normalized spacial score (nSPS) is 11.9. The summed E-state index contributed by atoms with van der Waals surface area (Å²) in [6.07, 6.45) is 3.47. The van der Waals surface area contributed by atoms with Gasteiger partial charge in [-0.15, -0.1) is 0 Å². The van der Waals surface area contributed by atoms with E-state index in [4.69, 9.17) is 9.41 Å². The lowest BCUT2D eigenvalue weighted by Crippen LogP contribution is -2.08. The molecule has 7 heteroatoms. The van der Waals surface area contributed by atoms with Crippen LogP contribution in [0.3, 0.4) is 0 Å². The smallest absolute Gasteiger partial charge is 0.160 e. The van der Waals surface area contributed by atoms with E-state index < -0.39 is 0 Å². The number of nitriles is 3. The van der Waals surface area contributed by atoms with Gasteiger partial charge in [-0.25, -0.2) is 0 Å². The molecule has 7 nitrogen and oxygen atoms in total. The van der Waals surface area contributed by atoms with Gasteiger partial charge in [0.05, 0.1) is 74.0 Å². The standard InChI is InChI=1S/C52H32N6O/c1-4-34(48-35(28-54)25-33(27-53)26-36(48)29-55)30-56-32(3)47-49-41-19-9-14-24-46(41)59-52(49)51(58-44-22-12-7-17-39(44)40-18-8-13-23-45(40)58)31(2)50(47)57-42-20-10-5-15-37(42)38-16-6-11-21-43(38)57/h4-26,30H,3H2,1-2H3/b34-4+,56-30?. The molecule has 0 aliphatic rings. The first kappa shape index (κ1) is 35.0. The van der Waals surface area contributed by atoms with Gasteiger partial charge in [-0.3, -0.25) is 4.99 Å². The van der Waals surface area contributed by atoms with Crippen molar-refractivity contribution in [2.24, 2.45) is 4.99 Å². The zero-order chi connectivity index (χ0) is 40.4. The van der Waals surface area contributed by atoms with Crippen molar-refractivity contribution in [3.63, 3.8) is 0 Å². The predicted molar refractivity (Wildman–Crippen MR) is 239 cm³/mol. The molecule has 0 radical (unpaired) electrons. The summed E-state index contributed by atoms with van der Waals surface area (Å²) in [5, 5.41) is 36.2. The first-order valence-corrected chi connectivity index (χ1v) is 19.2. The van der Waals surface area contributed by atoms with E-state index in [9.17, 15) is 15.8 Å². The van der Waals surface area contributed by atoms with Gasteiger partial charge in [-0.1, -0.05) is 104 Å². The van der Waals surface area contributed by atoms with Crippen LogP contribution in [0.4, 0.5) is 0 Å². The molecule has 0 aliphatic heterocycles. The number of aromatic nitrogens is 2. The molecule has 0 unspecified atom stereocenters. The van der Waals surface area contributed by atoms with Gasteiger partial charge in [0.25, 0.3) is 0 Å².